The number of rotatable bonds is 2. The summed E-state index contributed by atoms with van der Waals surface area (Å²) in [5, 5.41) is 1.08. The second kappa shape index (κ2) is 6.07. The smallest absolute Gasteiger partial charge is 0.131 e. The molecule has 1 unspecified atom stereocenters. The zero-order valence-corrected chi connectivity index (χ0v) is 14.7. The summed E-state index contributed by atoms with van der Waals surface area (Å²) in [6, 6.07) is 16.5. The van der Waals surface area contributed by atoms with E-state index < -0.39 is 0 Å². The Morgan fingerprint density at radius 2 is 1.52 bits per heavy atom. The van der Waals surface area contributed by atoms with E-state index in [0.29, 0.717) is 5.39 Å². The lowest BCUT2D eigenvalue weighted by Crippen LogP contribution is -1.97. The van der Waals surface area contributed by atoms with E-state index in [2.05, 4.69) is 31.9 Å². The molecule has 0 bridgehead atoms. The van der Waals surface area contributed by atoms with Crippen LogP contribution in [0.3, 0.4) is 0 Å². The summed E-state index contributed by atoms with van der Waals surface area (Å²) in [5.74, 6) is -0.229. The molecule has 0 nitrogen and oxygen atoms in total. The van der Waals surface area contributed by atoms with E-state index in [1.165, 1.54) is 6.07 Å². The molecule has 0 aliphatic rings. The Kier molecular flexibility index (Phi) is 4.34. The van der Waals surface area contributed by atoms with E-state index in [0.717, 1.165) is 25.5 Å². The maximum absolute atomic E-state index is 13.9. The standard InChI is InChI=1S/C17H10Br2ClF/c18-10-5-6-14(15(19)9-10)17(20)13-7-8-16(21)12-4-2-1-3-11(12)13/h1-9,17H. The van der Waals surface area contributed by atoms with Crippen LogP contribution in [0.2, 0.25) is 0 Å². The van der Waals surface area contributed by atoms with Gasteiger partial charge in [-0.2, -0.15) is 0 Å². The Morgan fingerprint density at radius 1 is 0.857 bits per heavy atom. The molecule has 3 aromatic rings. The van der Waals surface area contributed by atoms with Crippen LogP contribution < -0.4 is 0 Å². The van der Waals surface area contributed by atoms with Crippen molar-refractivity contribution in [1.82, 2.24) is 0 Å². The van der Waals surface area contributed by atoms with Crippen molar-refractivity contribution in [2.24, 2.45) is 0 Å². The minimum absolute atomic E-state index is 0.229. The molecule has 0 aromatic heterocycles. The zero-order chi connectivity index (χ0) is 15.0. The summed E-state index contributed by atoms with van der Waals surface area (Å²) < 4.78 is 15.8. The first kappa shape index (κ1) is 15.0. The SMILES string of the molecule is Fc1ccc(C(Cl)c2ccc(Br)cc2Br)c2ccccc12. The van der Waals surface area contributed by atoms with Crippen LogP contribution in [-0.4, -0.2) is 0 Å². The van der Waals surface area contributed by atoms with Crippen LogP contribution in [0.1, 0.15) is 16.5 Å². The van der Waals surface area contributed by atoms with Crippen LogP contribution in [-0.2, 0) is 0 Å². The van der Waals surface area contributed by atoms with Crippen LogP contribution in [0, 0.1) is 5.82 Å². The second-order valence-corrected chi connectivity index (χ2v) is 6.92. The Morgan fingerprint density at radius 3 is 2.24 bits per heavy atom. The van der Waals surface area contributed by atoms with Crippen LogP contribution in [0.4, 0.5) is 4.39 Å². The molecule has 0 saturated heterocycles. The number of alkyl halides is 1. The first-order valence-electron chi connectivity index (χ1n) is 6.34. The fraction of sp³-hybridized carbons (Fsp3) is 0.0588. The summed E-state index contributed by atoms with van der Waals surface area (Å²) in [4.78, 5) is 0. The highest BCUT2D eigenvalue weighted by atomic mass is 79.9. The van der Waals surface area contributed by atoms with Gasteiger partial charge in [0.1, 0.15) is 5.82 Å². The third-order valence-corrected chi connectivity index (χ3v) is 5.06. The summed E-state index contributed by atoms with van der Waals surface area (Å²) in [5.41, 5.74) is 1.85. The van der Waals surface area contributed by atoms with Crippen molar-refractivity contribution in [3.05, 3.63) is 80.5 Å². The van der Waals surface area contributed by atoms with Gasteiger partial charge < -0.3 is 0 Å². The van der Waals surface area contributed by atoms with Gasteiger partial charge in [0.15, 0.2) is 0 Å². The molecule has 106 valence electrons. The predicted molar refractivity (Wildman–Crippen MR) is 93.4 cm³/mol. The molecule has 0 spiro atoms. The van der Waals surface area contributed by atoms with Crippen LogP contribution in [0.5, 0.6) is 0 Å². The monoisotopic (exact) mass is 426 g/mol. The van der Waals surface area contributed by atoms with Gasteiger partial charge in [-0.1, -0.05) is 68.3 Å². The normalized spacial score (nSPS) is 12.6. The molecular weight excluding hydrogens is 418 g/mol. The van der Waals surface area contributed by atoms with Gasteiger partial charge in [0.2, 0.25) is 0 Å². The van der Waals surface area contributed by atoms with Gasteiger partial charge in [0, 0.05) is 14.3 Å². The maximum atomic E-state index is 13.9. The molecule has 3 aromatic carbocycles. The molecule has 0 amide bonds. The number of fused-ring (bicyclic) bond motifs is 1. The lowest BCUT2D eigenvalue weighted by molar-refractivity contribution is 0.639. The highest BCUT2D eigenvalue weighted by Gasteiger charge is 2.17. The molecule has 0 fully saturated rings. The zero-order valence-electron chi connectivity index (χ0n) is 10.8. The summed E-state index contributed by atoms with van der Waals surface area (Å²) in [6.07, 6.45) is 0. The lowest BCUT2D eigenvalue weighted by Gasteiger charge is -2.15. The first-order chi connectivity index (χ1) is 10.1. The number of hydrogen-bond acceptors (Lipinski definition) is 0. The first-order valence-corrected chi connectivity index (χ1v) is 8.36. The summed E-state index contributed by atoms with van der Waals surface area (Å²) >= 11 is 13.6. The van der Waals surface area contributed by atoms with Crippen molar-refractivity contribution in [2.75, 3.05) is 0 Å². The van der Waals surface area contributed by atoms with E-state index in [9.17, 15) is 4.39 Å². The van der Waals surface area contributed by atoms with E-state index in [-0.39, 0.29) is 11.2 Å². The molecule has 0 radical (unpaired) electrons. The highest BCUT2D eigenvalue weighted by Crippen LogP contribution is 2.38. The van der Waals surface area contributed by atoms with Crippen molar-refractivity contribution >= 4 is 54.2 Å². The van der Waals surface area contributed by atoms with Gasteiger partial charge in [-0.3, -0.25) is 0 Å². The van der Waals surface area contributed by atoms with Crippen molar-refractivity contribution < 1.29 is 4.39 Å². The molecule has 0 N–H and O–H groups in total. The molecule has 4 heteroatoms. The van der Waals surface area contributed by atoms with E-state index in [1.54, 1.807) is 12.1 Å². The summed E-state index contributed by atoms with van der Waals surface area (Å²) in [7, 11) is 0. The maximum Gasteiger partial charge on any atom is 0.131 e. The van der Waals surface area contributed by atoms with Crippen molar-refractivity contribution in [2.45, 2.75) is 5.38 Å². The van der Waals surface area contributed by atoms with Gasteiger partial charge >= 0.3 is 0 Å². The predicted octanol–water partition coefficient (Wildman–Crippen LogP) is 6.83. The topological polar surface area (TPSA) is 0 Å². The fourth-order valence-corrected chi connectivity index (χ4v) is 4.17. The van der Waals surface area contributed by atoms with Gasteiger partial charge in [-0.05, 0) is 34.7 Å². The second-order valence-electron chi connectivity index (χ2n) is 4.71. The Labute approximate surface area is 144 Å². The molecule has 1 atom stereocenters. The largest absolute Gasteiger partial charge is 0.206 e. The Hall–Kier alpha value is -0.900. The van der Waals surface area contributed by atoms with Crippen LogP contribution in [0.25, 0.3) is 10.8 Å². The average Bonchev–Trinajstić information content (AvgIpc) is 2.47. The van der Waals surface area contributed by atoms with Gasteiger partial charge in [-0.15, -0.1) is 11.6 Å². The fourth-order valence-electron chi connectivity index (χ4n) is 2.38. The molecule has 21 heavy (non-hydrogen) atoms. The number of hydrogen-bond donors (Lipinski definition) is 0. The quantitative estimate of drug-likeness (QED) is 0.392. The van der Waals surface area contributed by atoms with Crippen molar-refractivity contribution in [3.8, 4) is 0 Å². The molecular formula is C17H10Br2ClF. The third kappa shape index (κ3) is 2.87. The van der Waals surface area contributed by atoms with Gasteiger partial charge in [0.05, 0.1) is 5.38 Å². The lowest BCUT2D eigenvalue weighted by atomic mass is 9.98. The van der Waals surface area contributed by atoms with Crippen molar-refractivity contribution in [1.29, 1.82) is 0 Å². The highest BCUT2D eigenvalue weighted by molar-refractivity contribution is 9.11. The number of benzene rings is 3. The van der Waals surface area contributed by atoms with Gasteiger partial charge in [-0.25, -0.2) is 4.39 Å². The number of halogens is 4. The third-order valence-electron chi connectivity index (χ3n) is 3.41. The molecule has 0 saturated carbocycles. The minimum Gasteiger partial charge on any atom is -0.206 e. The molecule has 3 rings (SSSR count). The van der Waals surface area contributed by atoms with Crippen molar-refractivity contribution in [3.63, 3.8) is 0 Å². The minimum atomic E-state index is -0.349. The van der Waals surface area contributed by atoms with E-state index in [4.69, 9.17) is 11.6 Å². The average molecular weight is 429 g/mol. The molecule has 0 heterocycles. The Bertz CT molecular complexity index is 817. The van der Waals surface area contributed by atoms with Crippen LogP contribution >= 0.6 is 43.5 Å². The molecule has 0 aliphatic heterocycles. The summed E-state index contributed by atoms with van der Waals surface area (Å²) in [6.45, 7) is 0. The van der Waals surface area contributed by atoms with Crippen LogP contribution in [0.15, 0.2) is 63.5 Å². The Balaban J connectivity index is 2.18. The van der Waals surface area contributed by atoms with E-state index in [1.807, 2.05) is 36.4 Å². The van der Waals surface area contributed by atoms with Gasteiger partial charge in [0.25, 0.3) is 0 Å². The van der Waals surface area contributed by atoms with E-state index >= 15 is 0 Å². The molecule has 0 aliphatic carbocycles.